The summed E-state index contributed by atoms with van der Waals surface area (Å²) in [5, 5.41) is 0. The molecule has 1 heterocycles. The fourth-order valence-corrected chi connectivity index (χ4v) is 3.98. The fraction of sp³-hybridized carbons (Fsp3) is 0.929. The van der Waals surface area contributed by atoms with Crippen LogP contribution in [-0.4, -0.2) is 42.6 Å². The standard InChI is InChI=1S/C14H24N2O2/c1-18-11-2-9-16(10-11)12(17)13-3-6-14(15,7-4-13)8-5-13/h11H,2-10,15H2,1H3/t11-,13?,14?/m0/s1. The number of rotatable bonds is 2. The van der Waals surface area contributed by atoms with Crippen LogP contribution in [-0.2, 0) is 9.53 Å². The van der Waals surface area contributed by atoms with E-state index in [0.717, 1.165) is 58.0 Å². The summed E-state index contributed by atoms with van der Waals surface area (Å²) in [6, 6.07) is 0. The molecule has 0 aromatic carbocycles. The summed E-state index contributed by atoms with van der Waals surface area (Å²) in [6.07, 6.45) is 7.30. The molecule has 4 nitrogen and oxygen atoms in total. The van der Waals surface area contributed by atoms with Crippen molar-refractivity contribution < 1.29 is 9.53 Å². The van der Waals surface area contributed by atoms with Crippen molar-refractivity contribution in [3.63, 3.8) is 0 Å². The molecule has 3 saturated carbocycles. The average molecular weight is 252 g/mol. The summed E-state index contributed by atoms with van der Waals surface area (Å²) in [5.74, 6) is 0.379. The Morgan fingerprint density at radius 3 is 2.33 bits per heavy atom. The number of hydrogen-bond donors (Lipinski definition) is 1. The molecule has 0 radical (unpaired) electrons. The molecule has 4 heteroatoms. The number of carbonyl (C=O) groups excluding carboxylic acids is 1. The van der Waals surface area contributed by atoms with Crippen LogP contribution < -0.4 is 5.73 Å². The maximum Gasteiger partial charge on any atom is 0.228 e. The van der Waals surface area contributed by atoms with E-state index in [4.69, 9.17) is 10.5 Å². The summed E-state index contributed by atoms with van der Waals surface area (Å²) in [4.78, 5) is 14.8. The molecule has 3 aliphatic carbocycles. The second-order valence-corrected chi connectivity index (χ2v) is 6.54. The number of nitrogens with zero attached hydrogens (tertiary/aromatic N) is 1. The van der Waals surface area contributed by atoms with E-state index in [1.54, 1.807) is 7.11 Å². The molecule has 1 aliphatic heterocycles. The van der Waals surface area contributed by atoms with Crippen molar-refractivity contribution in [2.75, 3.05) is 20.2 Å². The van der Waals surface area contributed by atoms with Crippen LogP contribution >= 0.6 is 0 Å². The number of likely N-dealkylation sites (tertiary alicyclic amines) is 1. The van der Waals surface area contributed by atoms with Gasteiger partial charge in [-0.15, -0.1) is 0 Å². The van der Waals surface area contributed by atoms with E-state index in [2.05, 4.69) is 0 Å². The zero-order valence-corrected chi connectivity index (χ0v) is 11.3. The first-order chi connectivity index (χ1) is 8.57. The quantitative estimate of drug-likeness (QED) is 0.805. The Kier molecular flexibility index (Phi) is 2.90. The van der Waals surface area contributed by atoms with Gasteiger partial charge >= 0.3 is 0 Å². The lowest BCUT2D eigenvalue weighted by Crippen LogP contribution is -2.57. The normalized spacial score (nSPS) is 43.4. The van der Waals surface area contributed by atoms with E-state index >= 15 is 0 Å². The molecule has 2 N–H and O–H groups in total. The molecule has 0 aromatic rings. The highest BCUT2D eigenvalue weighted by molar-refractivity contribution is 5.83. The van der Waals surface area contributed by atoms with Gasteiger partial charge in [0.25, 0.3) is 0 Å². The Balaban J connectivity index is 1.70. The van der Waals surface area contributed by atoms with Crippen molar-refractivity contribution in [1.82, 2.24) is 4.90 Å². The molecular formula is C14H24N2O2. The predicted octanol–water partition coefficient (Wildman–Crippen LogP) is 1.29. The molecule has 0 spiro atoms. The molecule has 1 saturated heterocycles. The molecule has 1 amide bonds. The summed E-state index contributed by atoms with van der Waals surface area (Å²) in [7, 11) is 1.74. The van der Waals surface area contributed by atoms with Gasteiger partial charge in [-0.2, -0.15) is 0 Å². The maximum atomic E-state index is 12.8. The number of fused-ring (bicyclic) bond motifs is 3. The van der Waals surface area contributed by atoms with E-state index in [-0.39, 0.29) is 17.1 Å². The highest BCUT2D eigenvalue weighted by Gasteiger charge is 2.52. The summed E-state index contributed by atoms with van der Waals surface area (Å²) < 4.78 is 5.36. The predicted molar refractivity (Wildman–Crippen MR) is 69.0 cm³/mol. The monoisotopic (exact) mass is 252 g/mol. The highest BCUT2D eigenvalue weighted by Crippen LogP contribution is 2.52. The Labute approximate surface area is 109 Å². The van der Waals surface area contributed by atoms with Crippen LogP contribution in [0.4, 0.5) is 0 Å². The number of amides is 1. The first-order valence-electron chi connectivity index (χ1n) is 7.18. The molecule has 4 rings (SSSR count). The van der Waals surface area contributed by atoms with Gasteiger partial charge in [0.2, 0.25) is 5.91 Å². The van der Waals surface area contributed by atoms with Crippen LogP contribution in [0.5, 0.6) is 0 Å². The largest absolute Gasteiger partial charge is 0.380 e. The minimum absolute atomic E-state index is 0.0438. The fourth-order valence-electron chi connectivity index (χ4n) is 3.98. The summed E-state index contributed by atoms with van der Waals surface area (Å²) in [6.45, 7) is 1.65. The third-order valence-corrected chi connectivity index (χ3v) is 5.52. The molecule has 1 atom stereocenters. The van der Waals surface area contributed by atoms with Crippen LogP contribution in [0, 0.1) is 5.41 Å². The number of nitrogens with two attached hydrogens (primary N) is 1. The first-order valence-corrected chi connectivity index (χ1v) is 7.18. The van der Waals surface area contributed by atoms with Gasteiger partial charge in [-0.05, 0) is 44.9 Å². The average Bonchev–Trinajstić information content (AvgIpc) is 2.88. The summed E-state index contributed by atoms with van der Waals surface area (Å²) in [5.41, 5.74) is 6.27. The molecule has 4 fully saturated rings. The Morgan fingerprint density at radius 1 is 1.22 bits per heavy atom. The minimum Gasteiger partial charge on any atom is -0.380 e. The van der Waals surface area contributed by atoms with Crippen LogP contribution in [0.15, 0.2) is 0 Å². The smallest absolute Gasteiger partial charge is 0.228 e. The lowest BCUT2D eigenvalue weighted by molar-refractivity contribution is -0.148. The van der Waals surface area contributed by atoms with Crippen LogP contribution in [0.2, 0.25) is 0 Å². The van der Waals surface area contributed by atoms with E-state index in [0.29, 0.717) is 5.91 Å². The van der Waals surface area contributed by atoms with E-state index in [1.165, 1.54) is 0 Å². The van der Waals surface area contributed by atoms with Gasteiger partial charge in [0.05, 0.1) is 6.10 Å². The van der Waals surface area contributed by atoms with Crippen LogP contribution in [0.1, 0.15) is 44.9 Å². The van der Waals surface area contributed by atoms with Crippen molar-refractivity contribution in [1.29, 1.82) is 0 Å². The van der Waals surface area contributed by atoms with Crippen LogP contribution in [0.3, 0.4) is 0 Å². The molecular weight excluding hydrogens is 228 g/mol. The van der Waals surface area contributed by atoms with Gasteiger partial charge in [0.15, 0.2) is 0 Å². The summed E-state index contributed by atoms with van der Waals surface area (Å²) >= 11 is 0. The maximum absolute atomic E-state index is 12.8. The molecule has 18 heavy (non-hydrogen) atoms. The van der Waals surface area contributed by atoms with Gasteiger partial charge in [-0.25, -0.2) is 0 Å². The molecule has 0 aromatic heterocycles. The number of hydrogen-bond acceptors (Lipinski definition) is 3. The number of ether oxygens (including phenoxy) is 1. The van der Waals surface area contributed by atoms with Crippen molar-refractivity contribution in [3.05, 3.63) is 0 Å². The van der Waals surface area contributed by atoms with Gasteiger partial charge in [0.1, 0.15) is 0 Å². The Bertz CT molecular complexity index is 331. The minimum atomic E-state index is -0.0796. The lowest BCUT2D eigenvalue weighted by Gasteiger charge is -2.51. The SMILES string of the molecule is CO[C@H]1CCN(C(=O)C23CCC(N)(CC2)CC3)C1. The topological polar surface area (TPSA) is 55.6 Å². The lowest BCUT2D eigenvalue weighted by atomic mass is 9.57. The van der Waals surface area contributed by atoms with Crippen LogP contribution in [0.25, 0.3) is 0 Å². The van der Waals surface area contributed by atoms with E-state index in [1.807, 2.05) is 4.90 Å². The van der Waals surface area contributed by atoms with Crippen molar-refractivity contribution in [2.45, 2.75) is 56.6 Å². The molecule has 2 bridgehead atoms. The van der Waals surface area contributed by atoms with E-state index in [9.17, 15) is 4.79 Å². The molecule has 102 valence electrons. The third kappa shape index (κ3) is 1.86. The van der Waals surface area contributed by atoms with Gasteiger partial charge in [-0.1, -0.05) is 0 Å². The van der Waals surface area contributed by atoms with Crippen molar-refractivity contribution >= 4 is 5.91 Å². The Morgan fingerprint density at radius 2 is 1.83 bits per heavy atom. The highest BCUT2D eigenvalue weighted by atomic mass is 16.5. The first kappa shape index (κ1) is 12.4. The zero-order valence-electron chi connectivity index (χ0n) is 11.3. The number of carbonyl (C=O) groups is 1. The molecule has 4 aliphatic rings. The second-order valence-electron chi connectivity index (χ2n) is 6.54. The third-order valence-electron chi connectivity index (χ3n) is 5.52. The van der Waals surface area contributed by atoms with Gasteiger partial charge in [0, 0.05) is 31.2 Å². The van der Waals surface area contributed by atoms with E-state index < -0.39 is 0 Å². The number of methoxy groups -OCH3 is 1. The Hall–Kier alpha value is -0.610. The molecule has 0 unspecified atom stereocenters. The second kappa shape index (κ2) is 4.20. The van der Waals surface area contributed by atoms with Crippen molar-refractivity contribution in [3.8, 4) is 0 Å². The van der Waals surface area contributed by atoms with Gasteiger partial charge < -0.3 is 15.4 Å². The zero-order chi connectivity index (χ0) is 12.8. The van der Waals surface area contributed by atoms with Gasteiger partial charge in [-0.3, -0.25) is 4.79 Å². The van der Waals surface area contributed by atoms with Crippen molar-refractivity contribution in [2.24, 2.45) is 11.1 Å².